The number of piperidine rings is 1. The number of hydrogen-bond donors (Lipinski definition) is 0. The van der Waals surface area contributed by atoms with Gasteiger partial charge in [-0.05, 0) is 57.1 Å². The van der Waals surface area contributed by atoms with Crippen LogP contribution in [0.1, 0.15) is 62.2 Å². The third kappa shape index (κ3) is 4.50. The fourth-order valence-electron chi connectivity index (χ4n) is 5.49. The quantitative estimate of drug-likeness (QED) is 0.782. The summed E-state index contributed by atoms with van der Waals surface area (Å²) in [5.41, 5.74) is 0.756. The summed E-state index contributed by atoms with van der Waals surface area (Å²) in [5, 5.41) is 0. The lowest BCUT2D eigenvalue weighted by molar-refractivity contribution is -0.143. The molecule has 5 heteroatoms. The van der Waals surface area contributed by atoms with Gasteiger partial charge in [0.25, 0.3) is 5.91 Å². The standard InChI is InChI=1S/C24H35N3O2/c1-19-9-7-8-14-27(19)24(29)22(20-10-5-6-11-20)25-15-17-26(18-16-25)23(28)21-12-3-2-4-13-21/h2-4,12-13,19-20,22H,5-11,14-18H2,1H3/t19-,22+/m1/s1. The third-order valence-electron chi connectivity index (χ3n) is 7.20. The SMILES string of the molecule is C[C@@H]1CCCCN1C(=O)[C@H](C1CCCC1)N1CCN(C(=O)c2ccccc2)CC1. The molecule has 2 aliphatic heterocycles. The predicted octanol–water partition coefficient (Wildman–Crippen LogP) is 3.40. The fourth-order valence-corrected chi connectivity index (χ4v) is 5.49. The van der Waals surface area contributed by atoms with Crippen molar-refractivity contribution in [2.24, 2.45) is 5.92 Å². The first kappa shape index (κ1) is 20.4. The highest BCUT2D eigenvalue weighted by molar-refractivity contribution is 5.94. The van der Waals surface area contributed by atoms with E-state index in [1.165, 1.54) is 32.1 Å². The van der Waals surface area contributed by atoms with Crippen molar-refractivity contribution in [1.82, 2.24) is 14.7 Å². The largest absolute Gasteiger partial charge is 0.339 e. The van der Waals surface area contributed by atoms with Gasteiger partial charge in [-0.15, -0.1) is 0 Å². The van der Waals surface area contributed by atoms with Crippen LogP contribution in [0.2, 0.25) is 0 Å². The number of hydrogen-bond acceptors (Lipinski definition) is 3. The average Bonchev–Trinajstić information content (AvgIpc) is 3.29. The molecule has 0 aromatic heterocycles. The van der Waals surface area contributed by atoms with Crippen molar-refractivity contribution in [3.05, 3.63) is 35.9 Å². The topological polar surface area (TPSA) is 43.9 Å². The van der Waals surface area contributed by atoms with Crippen molar-refractivity contribution in [2.75, 3.05) is 32.7 Å². The fraction of sp³-hybridized carbons (Fsp3) is 0.667. The third-order valence-corrected chi connectivity index (χ3v) is 7.20. The second-order valence-corrected chi connectivity index (χ2v) is 9.06. The molecule has 2 heterocycles. The average molecular weight is 398 g/mol. The first-order chi connectivity index (χ1) is 14.1. The van der Waals surface area contributed by atoms with E-state index < -0.39 is 0 Å². The van der Waals surface area contributed by atoms with Gasteiger partial charge in [-0.25, -0.2) is 0 Å². The Morgan fingerprint density at radius 2 is 1.52 bits per heavy atom. The number of amides is 2. The molecule has 158 valence electrons. The smallest absolute Gasteiger partial charge is 0.253 e. The number of carbonyl (C=O) groups is 2. The van der Waals surface area contributed by atoms with E-state index in [-0.39, 0.29) is 11.9 Å². The normalized spacial score (nSPS) is 25.2. The number of likely N-dealkylation sites (tertiary alicyclic amines) is 1. The zero-order valence-corrected chi connectivity index (χ0v) is 17.8. The molecule has 3 fully saturated rings. The van der Waals surface area contributed by atoms with Crippen LogP contribution in [-0.2, 0) is 4.79 Å². The maximum Gasteiger partial charge on any atom is 0.253 e. The van der Waals surface area contributed by atoms with Crippen LogP contribution in [0, 0.1) is 5.92 Å². The molecule has 2 saturated heterocycles. The molecule has 5 nitrogen and oxygen atoms in total. The number of rotatable bonds is 4. The molecule has 2 atom stereocenters. The van der Waals surface area contributed by atoms with Gasteiger partial charge in [0.15, 0.2) is 0 Å². The Labute approximate surface area is 175 Å². The molecule has 4 rings (SSSR count). The molecule has 29 heavy (non-hydrogen) atoms. The van der Waals surface area contributed by atoms with Crippen molar-refractivity contribution in [3.63, 3.8) is 0 Å². The Morgan fingerprint density at radius 3 is 2.17 bits per heavy atom. The highest BCUT2D eigenvalue weighted by atomic mass is 16.2. The van der Waals surface area contributed by atoms with Crippen LogP contribution < -0.4 is 0 Å². The Morgan fingerprint density at radius 1 is 0.862 bits per heavy atom. The molecule has 3 aliphatic rings. The highest BCUT2D eigenvalue weighted by Crippen LogP contribution is 2.33. The molecule has 0 N–H and O–H groups in total. The van der Waals surface area contributed by atoms with E-state index in [4.69, 9.17) is 0 Å². The first-order valence-corrected chi connectivity index (χ1v) is 11.5. The van der Waals surface area contributed by atoms with Crippen LogP contribution in [0.15, 0.2) is 30.3 Å². The van der Waals surface area contributed by atoms with Crippen LogP contribution in [0.25, 0.3) is 0 Å². The molecule has 1 aromatic rings. The van der Waals surface area contributed by atoms with Crippen molar-refractivity contribution in [3.8, 4) is 0 Å². The van der Waals surface area contributed by atoms with Gasteiger partial charge in [0.05, 0.1) is 6.04 Å². The molecule has 1 aromatic carbocycles. The van der Waals surface area contributed by atoms with Gasteiger partial charge in [-0.1, -0.05) is 31.0 Å². The minimum absolute atomic E-state index is 0.00651. The minimum Gasteiger partial charge on any atom is -0.339 e. The molecular formula is C24H35N3O2. The lowest BCUT2D eigenvalue weighted by Crippen LogP contribution is -2.60. The monoisotopic (exact) mass is 397 g/mol. The van der Waals surface area contributed by atoms with Gasteiger partial charge in [0.2, 0.25) is 5.91 Å². The van der Waals surface area contributed by atoms with E-state index in [1.807, 2.05) is 35.2 Å². The number of benzene rings is 1. The van der Waals surface area contributed by atoms with Gasteiger partial charge in [0.1, 0.15) is 0 Å². The Hall–Kier alpha value is -1.88. The summed E-state index contributed by atoms with van der Waals surface area (Å²) in [6.07, 6.45) is 8.32. The molecule has 2 amide bonds. The summed E-state index contributed by atoms with van der Waals surface area (Å²) < 4.78 is 0. The molecule has 0 radical (unpaired) electrons. The Bertz CT molecular complexity index is 693. The maximum absolute atomic E-state index is 13.6. The molecule has 0 unspecified atom stereocenters. The summed E-state index contributed by atoms with van der Waals surface area (Å²) >= 11 is 0. The van der Waals surface area contributed by atoms with E-state index >= 15 is 0 Å². The number of carbonyl (C=O) groups excluding carboxylic acids is 2. The summed E-state index contributed by atoms with van der Waals surface area (Å²) in [5.74, 6) is 0.943. The van der Waals surface area contributed by atoms with E-state index in [2.05, 4.69) is 16.7 Å². The van der Waals surface area contributed by atoms with Crippen molar-refractivity contribution in [2.45, 2.75) is 64.0 Å². The van der Waals surface area contributed by atoms with Crippen LogP contribution in [0.5, 0.6) is 0 Å². The van der Waals surface area contributed by atoms with Crippen LogP contribution in [0.4, 0.5) is 0 Å². The van der Waals surface area contributed by atoms with Gasteiger partial charge < -0.3 is 9.80 Å². The van der Waals surface area contributed by atoms with Crippen LogP contribution in [-0.4, -0.2) is 71.3 Å². The summed E-state index contributed by atoms with van der Waals surface area (Å²) in [7, 11) is 0. The lowest BCUT2D eigenvalue weighted by Gasteiger charge is -2.44. The van der Waals surface area contributed by atoms with E-state index in [0.717, 1.165) is 38.0 Å². The molecule has 0 spiro atoms. The van der Waals surface area contributed by atoms with Gasteiger partial charge in [-0.2, -0.15) is 0 Å². The summed E-state index contributed by atoms with van der Waals surface area (Å²) in [6, 6.07) is 9.91. The van der Waals surface area contributed by atoms with E-state index in [1.54, 1.807) is 0 Å². The highest BCUT2D eigenvalue weighted by Gasteiger charge is 2.40. The maximum atomic E-state index is 13.6. The van der Waals surface area contributed by atoms with Crippen LogP contribution >= 0.6 is 0 Å². The summed E-state index contributed by atoms with van der Waals surface area (Å²) in [4.78, 5) is 32.9. The Kier molecular flexibility index (Phi) is 6.53. The minimum atomic E-state index is 0.00651. The number of nitrogens with zero attached hydrogens (tertiary/aromatic N) is 3. The van der Waals surface area contributed by atoms with Crippen molar-refractivity contribution in [1.29, 1.82) is 0 Å². The molecule has 1 saturated carbocycles. The number of piperazine rings is 1. The molecule has 1 aliphatic carbocycles. The van der Waals surface area contributed by atoms with Crippen molar-refractivity contribution < 1.29 is 9.59 Å². The van der Waals surface area contributed by atoms with Gasteiger partial charge in [-0.3, -0.25) is 14.5 Å². The summed E-state index contributed by atoms with van der Waals surface area (Å²) in [6.45, 7) is 6.13. The molecular weight excluding hydrogens is 362 g/mol. The second-order valence-electron chi connectivity index (χ2n) is 9.06. The van der Waals surface area contributed by atoms with E-state index in [0.29, 0.717) is 31.0 Å². The predicted molar refractivity (Wildman–Crippen MR) is 115 cm³/mol. The zero-order chi connectivity index (χ0) is 20.2. The van der Waals surface area contributed by atoms with Crippen molar-refractivity contribution >= 4 is 11.8 Å². The second kappa shape index (κ2) is 9.29. The lowest BCUT2D eigenvalue weighted by atomic mass is 9.92. The molecule has 0 bridgehead atoms. The van der Waals surface area contributed by atoms with Gasteiger partial charge in [0, 0.05) is 44.3 Å². The zero-order valence-electron chi connectivity index (χ0n) is 17.8. The van der Waals surface area contributed by atoms with Gasteiger partial charge >= 0.3 is 0 Å². The Balaban J connectivity index is 1.44. The first-order valence-electron chi connectivity index (χ1n) is 11.5. The van der Waals surface area contributed by atoms with E-state index in [9.17, 15) is 9.59 Å². The van der Waals surface area contributed by atoms with Crippen LogP contribution in [0.3, 0.4) is 0 Å².